The third-order valence-electron chi connectivity index (χ3n) is 4.18. The number of carboxylic acids is 1. The molecule has 0 saturated heterocycles. The van der Waals surface area contributed by atoms with Gasteiger partial charge in [0.15, 0.2) is 0 Å². The first kappa shape index (κ1) is 19.7. The number of nitrogens with one attached hydrogen (secondary N) is 1. The van der Waals surface area contributed by atoms with Crippen molar-refractivity contribution in [2.75, 3.05) is 11.9 Å². The van der Waals surface area contributed by atoms with E-state index < -0.39 is 12.1 Å². The second-order valence-electron chi connectivity index (χ2n) is 5.86. The van der Waals surface area contributed by atoms with Gasteiger partial charge in [-0.25, -0.2) is 4.98 Å². The number of carbonyl (C=O) groups excluding carboxylic acids is 1. The van der Waals surface area contributed by atoms with Gasteiger partial charge in [0.2, 0.25) is 0 Å². The molecule has 1 aliphatic heterocycles. The van der Waals surface area contributed by atoms with Crippen LogP contribution in [-0.4, -0.2) is 33.5 Å². The summed E-state index contributed by atoms with van der Waals surface area (Å²) < 4.78 is 1.94. The molecule has 2 aromatic rings. The predicted octanol–water partition coefficient (Wildman–Crippen LogP) is -2.32. The Kier molecular flexibility index (Phi) is 6.78. The van der Waals surface area contributed by atoms with Crippen LogP contribution in [0.25, 0.3) is 0 Å². The number of aliphatic imine (C=N–C) groups is 1. The number of hydrogen-bond donors (Lipinski definition) is 2. The Morgan fingerprint density at radius 1 is 1.48 bits per heavy atom. The summed E-state index contributed by atoms with van der Waals surface area (Å²) in [6, 6.07) is 5.04. The fraction of sp³-hybridized carbons (Fsp3) is 0.353. The molecule has 0 fully saturated rings. The van der Waals surface area contributed by atoms with E-state index in [1.807, 2.05) is 11.5 Å². The number of aromatic carboxylic acids is 1. The van der Waals surface area contributed by atoms with Crippen molar-refractivity contribution < 1.29 is 44.6 Å². The SMILES string of the molecule is Cc1ccc(C(=O)[O-])cc1CCCn1cnc2c1NC=NCC2O.[Na+]. The molecule has 0 spiro atoms. The van der Waals surface area contributed by atoms with Crippen molar-refractivity contribution in [3.05, 3.63) is 46.9 Å². The summed E-state index contributed by atoms with van der Waals surface area (Å²) in [5, 5.41) is 24.0. The van der Waals surface area contributed by atoms with Crippen LogP contribution in [0.5, 0.6) is 0 Å². The molecule has 2 heterocycles. The molecule has 8 heteroatoms. The standard InChI is InChI=1S/C17H20N4O3.Na/c1-11-4-5-13(17(23)24)7-12(11)3-2-6-21-10-20-15-14(22)8-18-9-19-16(15)21;/h4-5,7,9-10,14,22H,2-3,6,8H2,1H3,(H,18,19)(H,23,24);/q;+1/p-1. The van der Waals surface area contributed by atoms with E-state index in [9.17, 15) is 15.0 Å². The maximum atomic E-state index is 11.0. The van der Waals surface area contributed by atoms with E-state index in [0.717, 1.165) is 29.8 Å². The van der Waals surface area contributed by atoms with Crippen molar-refractivity contribution in [1.82, 2.24) is 9.55 Å². The first-order valence-corrected chi connectivity index (χ1v) is 7.85. The average Bonchev–Trinajstić information content (AvgIpc) is 2.86. The average molecular weight is 350 g/mol. The number of nitrogens with zero attached hydrogens (tertiary/aromatic N) is 3. The Bertz CT molecular complexity index is 788. The van der Waals surface area contributed by atoms with E-state index in [1.165, 1.54) is 0 Å². The van der Waals surface area contributed by atoms with E-state index in [2.05, 4.69) is 15.3 Å². The van der Waals surface area contributed by atoms with E-state index in [-0.39, 0.29) is 35.1 Å². The molecule has 2 N–H and O–H groups in total. The summed E-state index contributed by atoms with van der Waals surface area (Å²) in [7, 11) is 0. The van der Waals surface area contributed by atoms with Crippen molar-refractivity contribution in [1.29, 1.82) is 0 Å². The number of imidazole rings is 1. The first-order chi connectivity index (χ1) is 11.6. The molecule has 25 heavy (non-hydrogen) atoms. The van der Waals surface area contributed by atoms with Crippen LogP contribution in [0.15, 0.2) is 29.5 Å². The zero-order chi connectivity index (χ0) is 17.1. The van der Waals surface area contributed by atoms with Crippen LogP contribution >= 0.6 is 0 Å². The third-order valence-corrected chi connectivity index (χ3v) is 4.18. The molecule has 1 atom stereocenters. The van der Waals surface area contributed by atoms with Gasteiger partial charge in [-0.2, -0.15) is 0 Å². The van der Waals surface area contributed by atoms with Crippen LogP contribution in [-0.2, 0) is 13.0 Å². The Balaban J connectivity index is 0.00000225. The largest absolute Gasteiger partial charge is 1.00 e. The van der Waals surface area contributed by atoms with Crippen LogP contribution in [0.3, 0.4) is 0 Å². The summed E-state index contributed by atoms with van der Waals surface area (Å²) in [5.41, 5.74) is 2.86. The molecule has 0 radical (unpaired) electrons. The van der Waals surface area contributed by atoms with Gasteiger partial charge in [-0.15, -0.1) is 0 Å². The number of hydrogen-bond acceptors (Lipinski definition) is 6. The van der Waals surface area contributed by atoms with Gasteiger partial charge < -0.3 is 24.9 Å². The number of rotatable bonds is 5. The predicted molar refractivity (Wildman–Crippen MR) is 88.0 cm³/mol. The molecule has 1 aliphatic rings. The Labute approximate surface area is 168 Å². The quantitative estimate of drug-likeness (QED) is 0.590. The second kappa shape index (κ2) is 8.62. The number of carbonyl (C=O) groups is 1. The summed E-state index contributed by atoms with van der Waals surface area (Å²) >= 11 is 0. The summed E-state index contributed by atoms with van der Waals surface area (Å²) in [6.45, 7) is 2.96. The van der Waals surface area contributed by atoms with Crippen molar-refractivity contribution in [3.8, 4) is 0 Å². The number of aliphatic hydroxyl groups is 1. The van der Waals surface area contributed by atoms with Gasteiger partial charge in [0.1, 0.15) is 17.6 Å². The molecular weight excluding hydrogens is 331 g/mol. The zero-order valence-corrected chi connectivity index (χ0v) is 16.4. The van der Waals surface area contributed by atoms with Crippen LogP contribution in [0.4, 0.5) is 5.82 Å². The summed E-state index contributed by atoms with van der Waals surface area (Å²) in [5.74, 6) is -0.405. The minimum absolute atomic E-state index is 0. The molecule has 1 unspecified atom stereocenters. The Hall–Kier alpha value is -1.67. The fourth-order valence-corrected chi connectivity index (χ4v) is 2.82. The van der Waals surface area contributed by atoms with E-state index in [0.29, 0.717) is 18.8 Å². The number of fused-ring (bicyclic) bond motifs is 1. The molecule has 0 saturated carbocycles. The molecule has 126 valence electrons. The molecule has 1 aromatic heterocycles. The normalized spacial score (nSPS) is 15.7. The van der Waals surface area contributed by atoms with Crippen LogP contribution < -0.4 is 40.0 Å². The molecule has 3 rings (SSSR count). The topological polar surface area (TPSA) is 103 Å². The van der Waals surface area contributed by atoms with E-state index in [1.54, 1.807) is 30.9 Å². The number of aliphatic hydroxyl groups excluding tert-OH is 1. The monoisotopic (exact) mass is 350 g/mol. The maximum absolute atomic E-state index is 11.0. The maximum Gasteiger partial charge on any atom is 1.00 e. The third kappa shape index (κ3) is 4.49. The van der Waals surface area contributed by atoms with E-state index >= 15 is 0 Å². The zero-order valence-electron chi connectivity index (χ0n) is 14.4. The molecule has 0 amide bonds. The number of benzene rings is 1. The van der Waals surface area contributed by atoms with Gasteiger partial charge in [-0.3, -0.25) is 4.99 Å². The Morgan fingerprint density at radius 3 is 3.04 bits per heavy atom. The minimum Gasteiger partial charge on any atom is -0.545 e. The van der Waals surface area contributed by atoms with Crippen molar-refractivity contribution >= 4 is 18.1 Å². The number of aromatic nitrogens is 2. The molecule has 0 aliphatic carbocycles. The molecule has 0 bridgehead atoms. The van der Waals surface area contributed by atoms with Gasteiger partial charge in [0.25, 0.3) is 0 Å². The van der Waals surface area contributed by atoms with Crippen molar-refractivity contribution in [2.45, 2.75) is 32.4 Å². The summed E-state index contributed by atoms with van der Waals surface area (Å²) in [4.78, 5) is 19.3. The molecular formula is C17H19N4NaO3. The van der Waals surface area contributed by atoms with Crippen LogP contribution in [0.2, 0.25) is 0 Å². The van der Waals surface area contributed by atoms with Gasteiger partial charge in [-0.1, -0.05) is 12.1 Å². The second-order valence-corrected chi connectivity index (χ2v) is 5.86. The smallest absolute Gasteiger partial charge is 0.545 e. The number of aryl methyl sites for hydroxylation is 3. The van der Waals surface area contributed by atoms with Crippen molar-refractivity contribution in [2.24, 2.45) is 4.99 Å². The minimum atomic E-state index is -1.16. The van der Waals surface area contributed by atoms with Crippen LogP contribution in [0, 0.1) is 6.92 Å². The van der Waals surface area contributed by atoms with Crippen molar-refractivity contribution in [3.63, 3.8) is 0 Å². The van der Waals surface area contributed by atoms with Gasteiger partial charge in [0, 0.05) is 6.54 Å². The Morgan fingerprint density at radius 2 is 2.28 bits per heavy atom. The van der Waals surface area contributed by atoms with Gasteiger partial charge >= 0.3 is 29.6 Å². The first-order valence-electron chi connectivity index (χ1n) is 7.85. The van der Waals surface area contributed by atoms with E-state index in [4.69, 9.17) is 0 Å². The fourth-order valence-electron chi connectivity index (χ4n) is 2.82. The van der Waals surface area contributed by atoms with Gasteiger partial charge in [0.05, 0.1) is 25.2 Å². The molecule has 1 aromatic carbocycles. The number of anilines is 1. The summed E-state index contributed by atoms with van der Waals surface area (Å²) in [6.07, 6.45) is 4.13. The van der Waals surface area contributed by atoms with Crippen LogP contribution in [0.1, 0.15) is 39.7 Å². The molecule has 7 nitrogen and oxygen atoms in total. The number of carboxylic acid groups (broad SMARTS) is 1. The van der Waals surface area contributed by atoms with Gasteiger partial charge in [-0.05, 0) is 42.5 Å².